The van der Waals surface area contributed by atoms with Gasteiger partial charge in [-0.2, -0.15) is 4.31 Å². The normalized spacial score (nSPS) is 16.2. The Bertz CT molecular complexity index is 705. The van der Waals surface area contributed by atoms with Gasteiger partial charge in [-0.25, -0.2) is 8.42 Å². The third-order valence-corrected chi connectivity index (χ3v) is 5.52. The van der Waals surface area contributed by atoms with Gasteiger partial charge in [-0.15, -0.1) is 0 Å². The first-order valence-corrected chi connectivity index (χ1v) is 10.3. The second kappa shape index (κ2) is 8.95. The number of hydrogen-bond acceptors (Lipinski definition) is 5. The summed E-state index contributed by atoms with van der Waals surface area (Å²) in [6, 6.07) is 5.18. The van der Waals surface area contributed by atoms with Crippen molar-refractivity contribution in [2.75, 3.05) is 57.5 Å². The molecule has 1 aromatic carbocycles. The number of aryl methyl sites for hydroxylation is 1. The number of amides is 1. The fourth-order valence-corrected chi connectivity index (χ4v) is 3.46. The molecule has 1 aliphatic heterocycles. The molecule has 7 nitrogen and oxygen atoms in total. The highest BCUT2D eigenvalue weighted by Crippen LogP contribution is 2.20. The van der Waals surface area contributed by atoms with E-state index in [0.717, 1.165) is 24.9 Å². The molecule has 1 fully saturated rings. The SMILES string of the molecule is Cc1ccc(Cl)cc1NC(=O)CN(CCN1CCOCC1)S(C)(=O)=O. The highest BCUT2D eigenvalue weighted by atomic mass is 35.5. The van der Waals surface area contributed by atoms with Crippen LogP contribution in [0.3, 0.4) is 0 Å². The van der Waals surface area contributed by atoms with Crippen LogP contribution in [0.4, 0.5) is 5.69 Å². The van der Waals surface area contributed by atoms with E-state index in [1.807, 2.05) is 6.92 Å². The van der Waals surface area contributed by atoms with Crippen LogP contribution in [-0.2, 0) is 19.6 Å². The Morgan fingerprint density at radius 2 is 2.04 bits per heavy atom. The number of hydrogen-bond donors (Lipinski definition) is 1. The van der Waals surface area contributed by atoms with Crippen molar-refractivity contribution >= 4 is 33.2 Å². The molecule has 0 aliphatic carbocycles. The van der Waals surface area contributed by atoms with E-state index >= 15 is 0 Å². The maximum Gasteiger partial charge on any atom is 0.239 e. The monoisotopic (exact) mass is 389 g/mol. The number of benzene rings is 1. The van der Waals surface area contributed by atoms with Gasteiger partial charge in [0, 0.05) is 36.9 Å². The molecule has 0 spiro atoms. The Labute approximate surface area is 153 Å². The van der Waals surface area contributed by atoms with Crippen LogP contribution in [0.15, 0.2) is 18.2 Å². The van der Waals surface area contributed by atoms with Crippen molar-refractivity contribution in [3.8, 4) is 0 Å². The zero-order valence-corrected chi connectivity index (χ0v) is 16.1. The molecule has 9 heteroatoms. The van der Waals surface area contributed by atoms with E-state index in [0.29, 0.717) is 30.5 Å². The largest absolute Gasteiger partial charge is 0.379 e. The van der Waals surface area contributed by atoms with Gasteiger partial charge >= 0.3 is 0 Å². The van der Waals surface area contributed by atoms with E-state index in [4.69, 9.17) is 16.3 Å². The summed E-state index contributed by atoms with van der Waals surface area (Å²) in [6.07, 6.45) is 1.12. The molecule has 1 N–H and O–H groups in total. The lowest BCUT2D eigenvalue weighted by molar-refractivity contribution is -0.116. The highest BCUT2D eigenvalue weighted by Gasteiger charge is 2.22. The van der Waals surface area contributed by atoms with Crippen LogP contribution in [0.5, 0.6) is 0 Å². The van der Waals surface area contributed by atoms with Crippen molar-refractivity contribution in [2.45, 2.75) is 6.92 Å². The van der Waals surface area contributed by atoms with Gasteiger partial charge in [0.25, 0.3) is 0 Å². The third kappa shape index (κ3) is 6.56. The molecule has 1 aliphatic rings. The first kappa shape index (κ1) is 20.1. The van der Waals surface area contributed by atoms with Gasteiger partial charge in [0.15, 0.2) is 0 Å². The summed E-state index contributed by atoms with van der Waals surface area (Å²) in [5.74, 6) is -0.391. The van der Waals surface area contributed by atoms with E-state index in [9.17, 15) is 13.2 Å². The number of morpholine rings is 1. The van der Waals surface area contributed by atoms with Gasteiger partial charge in [0.05, 0.1) is 26.0 Å². The molecule has 0 saturated carbocycles. The zero-order chi connectivity index (χ0) is 18.4. The van der Waals surface area contributed by atoms with Crippen LogP contribution in [-0.4, -0.2) is 75.7 Å². The molecular formula is C16H24ClN3O4S. The maximum absolute atomic E-state index is 12.3. The van der Waals surface area contributed by atoms with Crippen molar-refractivity contribution in [3.63, 3.8) is 0 Å². The standard InChI is InChI=1S/C16H24ClN3O4S/c1-13-3-4-14(17)11-15(13)18-16(21)12-20(25(2,22)23)6-5-19-7-9-24-10-8-19/h3-4,11H,5-10,12H2,1-2H3,(H,18,21). The second-order valence-corrected chi connectivity index (χ2v) is 8.48. The Hall–Kier alpha value is -1.19. The van der Waals surface area contributed by atoms with E-state index in [-0.39, 0.29) is 13.1 Å². The predicted octanol–water partition coefficient (Wildman–Crippen LogP) is 1.18. The van der Waals surface area contributed by atoms with Crippen molar-refractivity contribution in [3.05, 3.63) is 28.8 Å². The van der Waals surface area contributed by atoms with Crippen molar-refractivity contribution in [1.82, 2.24) is 9.21 Å². The van der Waals surface area contributed by atoms with Gasteiger partial charge in [-0.05, 0) is 24.6 Å². The Morgan fingerprint density at radius 1 is 1.36 bits per heavy atom. The maximum atomic E-state index is 12.3. The van der Waals surface area contributed by atoms with Gasteiger partial charge in [-0.1, -0.05) is 17.7 Å². The zero-order valence-electron chi connectivity index (χ0n) is 14.5. The second-order valence-electron chi connectivity index (χ2n) is 6.06. The quantitative estimate of drug-likeness (QED) is 0.757. The van der Waals surface area contributed by atoms with Gasteiger partial charge < -0.3 is 10.1 Å². The molecule has 0 bridgehead atoms. The van der Waals surface area contributed by atoms with Gasteiger partial charge in [0.1, 0.15) is 0 Å². The lowest BCUT2D eigenvalue weighted by Crippen LogP contribution is -2.45. The lowest BCUT2D eigenvalue weighted by atomic mass is 10.2. The molecule has 0 atom stereocenters. The molecule has 2 rings (SSSR count). The summed E-state index contributed by atoms with van der Waals surface area (Å²) in [5, 5.41) is 3.24. The van der Waals surface area contributed by atoms with E-state index in [1.165, 1.54) is 4.31 Å². The van der Waals surface area contributed by atoms with Crippen molar-refractivity contribution < 1.29 is 17.9 Å². The summed E-state index contributed by atoms with van der Waals surface area (Å²) in [7, 11) is -3.48. The summed E-state index contributed by atoms with van der Waals surface area (Å²) >= 11 is 5.94. The fourth-order valence-electron chi connectivity index (χ4n) is 2.52. The predicted molar refractivity (Wildman–Crippen MR) is 98.5 cm³/mol. The minimum absolute atomic E-state index is 0.227. The van der Waals surface area contributed by atoms with Crippen LogP contribution < -0.4 is 5.32 Å². The summed E-state index contributed by atoms with van der Waals surface area (Å²) in [4.78, 5) is 14.4. The van der Waals surface area contributed by atoms with Crippen LogP contribution in [0, 0.1) is 6.92 Å². The van der Waals surface area contributed by atoms with E-state index in [1.54, 1.807) is 18.2 Å². The van der Waals surface area contributed by atoms with Gasteiger partial charge in [-0.3, -0.25) is 9.69 Å². The van der Waals surface area contributed by atoms with Crippen LogP contribution >= 0.6 is 11.6 Å². The molecule has 1 aromatic rings. The minimum Gasteiger partial charge on any atom is -0.379 e. The van der Waals surface area contributed by atoms with Crippen LogP contribution in [0.2, 0.25) is 5.02 Å². The average Bonchev–Trinajstić information content (AvgIpc) is 2.55. The number of carbonyl (C=O) groups excluding carboxylic acids is 1. The number of nitrogens with one attached hydrogen (secondary N) is 1. The number of rotatable bonds is 7. The van der Waals surface area contributed by atoms with Crippen LogP contribution in [0.1, 0.15) is 5.56 Å². The number of carbonyl (C=O) groups is 1. The number of nitrogens with zero attached hydrogens (tertiary/aromatic N) is 2. The Kier molecular flexibility index (Phi) is 7.21. The van der Waals surface area contributed by atoms with Crippen molar-refractivity contribution in [1.29, 1.82) is 0 Å². The number of ether oxygens (including phenoxy) is 1. The Morgan fingerprint density at radius 3 is 2.68 bits per heavy atom. The van der Waals surface area contributed by atoms with Gasteiger partial charge in [0.2, 0.25) is 15.9 Å². The first-order chi connectivity index (χ1) is 11.8. The molecule has 140 valence electrons. The molecule has 1 heterocycles. The number of anilines is 1. The molecular weight excluding hydrogens is 366 g/mol. The third-order valence-electron chi connectivity index (χ3n) is 4.03. The molecule has 25 heavy (non-hydrogen) atoms. The van der Waals surface area contributed by atoms with E-state index < -0.39 is 15.9 Å². The average molecular weight is 390 g/mol. The molecule has 0 radical (unpaired) electrons. The smallest absolute Gasteiger partial charge is 0.239 e. The summed E-state index contributed by atoms with van der Waals surface area (Å²) in [5.41, 5.74) is 1.44. The number of sulfonamides is 1. The van der Waals surface area contributed by atoms with E-state index in [2.05, 4.69) is 10.2 Å². The highest BCUT2D eigenvalue weighted by molar-refractivity contribution is 7.88. The lowest BCUT2D eigenvalue weighted by Gasteiger charge is -2.29. The molecule has 0 unspecified atom stereocenters. The summed E-state index contributed by atoms with van der Waals surface area (Å²) in [6.45, 7) is 5.28. The first-order valence-electron chi connectivity index (χ1n) is 8.07. The van der Waals surface area contributed by atoms with Crippen molar-refractivity contribution in [2.24, 2.45) is 0 Å². The molecule has 1 amide bonds. The molecule has 0 aromatic heterocycles. The number of halogens is 1. The minimum atomic E-state index is -3.48. The van der Waals surface area contributed by atoms with Crippen LogP contribution in [0.25, 0.3) is 0 Å². The Balaban J connectivity index is 1.96. The molecule has 1 saturated heterocycles. The summed E-state index contributed by atoms with van der Waals surface area (Å²) < 4.78 is 30.5. The fraction of sp³-hybridized carbons (Fsp3) is 0.562. The topological polar surface area (TPSA) is 79.0 Å².